The second kappa shape index (κ2) is 7.18. The number of rotatable bonds is 7. The maximum Gasteiger partial charge on any atom is 0.528 e. The molecule has 5 nitrogen and oxygen atoms in total. The van der Waals surface area contributed by atoms with Gasteiger partial charge in [0.15, 0.2) is 0 Å². The average molecular weight is 356 g/mol. The number of aliphatic carboxylic acids is 1. The number of H-pyrrole nitrogens is 1. The van der Waals surface area contributed by atoms with Crippen LogP contribution in [-0.4, -0.2) is 21.0 Å². The van der Waals surface area contributed by atoms with Gasteiger partial charge in [0.1, 0.15) is 0 Å². The lowest BCUT2D eigenvalue weighted by Gasteiger charge is -2.17. The summed E-state index contributed by atoms with van der Waals surface area (Å²) in [5.74, 6) is -1.26. The van der Waals surface area contributed by atoms with Gasteiger partial charge in [-0.1, -0.05) is 48.5 Å². The number of benzene rings is 2. The van der Waals surface area contributed by atoms with Gasteiger partial charge < -0.3 is 10.1 Å². The van der Waals surface area contributed by atoms with Gasteiger partial charge in [-0.15, -0.1) is 0 Å². The molecule has 0 spiro atoms. The Kier molecular flexibility index (Phi) is 4.98. The van der Waals surface area contributed by atoms with E-state index in [1.54, 1.807) is 30.3 Å². The zero-order valence-corrected chi connectivity index (χ0v) is 14.4. The molecule has 0 fully saturated rings. The third-order valence-electron chi connectivity index (χ3n) is 4.59. The Morgan fingerprint density at radius 2 is 1.76 bits per heavy atom. The highest BCUT2D eigenvalue weighted by Gasteiger charge is 2.58. The number of aromatic amines is 1. The molecule has 3 aromatic rings. The van der Waals surface area contributed by atoms with E-state index in [9.17, 15) is 19.4 Å². The zero-order chi connectivity index (χ0) is 17.9. The standard InChI is InChI=1S/C19H18NO4P/c21-18(22)19(25(23)24,15-8-2-1-3-9-15)12-6-7-14-13-20-17-11-5-4-10-16(14)17/h1-5,8-11,13,20H,6-7,12H2,(H-,21,22,23,24)/p+1. The SMILES string of the molecule is O=C(O)C(CCCc1c[nH]c2ccccc12)(c1ccccc1)[P+](=O)O. The molecule has 0 aliphatic rings. The number of para-hydroxylation sites is 1. The smallest absolute Gasteiger partial charge is 0.477 e. The van der Waals surface area contributed by atoms with Crippen molar-refractivity contribution < 1.29 is 19.4 Å². The van der Waals surface area contributed by atoms with E-state index in [1.807, 2.05) is 30.5 Å². The Bertz CT molecular complexity index is 890. The molecule has 2 atom stereocenters. The first kappa shape index (κ1) is 17.3. The minimum atomic E-state index is -2.92. The number of hydrogen-bond donors (Lipinski definition) is 3. The first-order chi connectivity index (χ1) is 12.1. The minimum absolute atomic E-state index is 0.0948. The van der Waals surface area contributed by atoms with Gasteiger partial charge in [0.25, 0.3) is 0 Å². The van der Waals surface area contributed by atoms with E-state index in [2.05, 4.69) is 4.98 Å². The molecule has 0 bridgehead atoms. The summed E-state index contributed by atoms with van der Waals surface area (Å²) in [6.07, 6.45) is 3.13. The van der Waals surface area contributed by atoms with Gasteiger partial charge in [-0.2, -0.15) is 4.89 Å². The zero-order valence-electron chi connectivity index (χ0n) is 13.6. The number of aromatic nitrogens is 1. The molecule has 6 heteroatoms. The largest absolute Gasteiger partial charge is 0.528 e. The molecule has 0 amide bonds. The van der Waals surface area contributed by atoms with Crippen LogP contribution < -0.4 is 0 Å². The first-order valence-corrected chi connectivity index (χ1v) is 9.27. The minimum Gasteiger partial charge on any atom is -0.477 e. The van der Waals surface area contributed by atoms with Crippen molar-refractivity contribution in [2.45, 2.75) is 24.4 Å². The highest BCUT2D eigenvalue weighted by Crippen LogP contribution is 2.48. The number of fused-ring (bicyclic) bond motifs is 1. The number of aryl methyl sites for hydroxylation is 1. The molecule has 128 valence electrons. The second-order valence-electron chi connectivity index (χ2n) is 6.02. The highest BCUT2D eigenvalue weighted by atomic mass is 31.1. The van der Waals surface area contributed by atoms with E-state index in [0.29, 0.717) is 18.4 Å². The van der Waals surface area contributed by atoms with E-state index >= 15 is 0 Å². The molecule has 0 aliphatic carbocycles. The van der Waals surface area contributed by atoms with E-state index in [4.69, 9.17) is 0 Å². The van der Waals surface area contributed by atoms with E-state index in [-0.39, 0.29) is 6.42 Å². The Hall–Kier alpha value is -2.49. The van der Waals surface area contributed by atoms with Crippen molar-refractivity contribution >= 4 is 24.9 Å². The average Bonchev–Trinajstić information content (AvgIpc) is 3.02. The first-order valence-electron chi connectivity index (χ1n) is 8.06. The quantitative estimate of drug-likeness (QED) is 0.553. The molecule has 0 saturated carbocycles. The Morgan fingerprint density at radius 3 is 2.44 bits per heavy atom. The van der Waals surface area contributed by atoms with Crippen molar-refractivity contribution in [1.29, 1.82) is 0 Å². The topological polar surface area (TPSA) is 90.4 Å². The molecule has 0 aliphatic heterocycles. The monoisotopic (exact) mass is 356 g/mol. The molecule has 2 aromatic carbocycles. The van der Waals surface area contributed by atoms with Crippen LogP contribution in [0.2, 0.25) is 0 Å². The summed E-state index contributed by atoms with van der Waals surface area (Å²) < 4.78 is 12.0. The summed E-state index contributed by atoms with van der Waals surface area (Å²) in [6.45, 7) is 0. The molecule has 2 unspecified atom stereocenters. The second-order valence-corrected chi connectivity index (χ2v) is 7.33. The molecule has 0 saturated heterocycles. The predicted octanol–water partition coefficient (Wildman–Crippen LogP) is 4.21. The lowest BCUT2D eigenvalue weighted by molar-refractivity contribution is -0.140. The Morgan fingerprint density at radius 1 is 1.08 bits per heavy atom. The normalized spacial score (nSPS) is 14.2. The molecule has 0 radical (unpaired) electrons. The van der Waals surface area contributed by atoms with Crippen LogP contribution in [0.25, 0.3) is 10.9 Å². The van der Waals surface area contributed by atoms with Gasteiger partial charge in [-0.25, -0.2) is 4.79 Å². The van der Waals surface area contributed by atoms with E-state index in [0.717, 1.165) is 16.5 Å². The fraction of sp³-hybridized carbons (Fsp3) is 0.211. The van der Waals surface area contributed by atoms with Crippen LogP contribution in [0.15, 0.2) is 60.8 Å². The number of carbonyl (C=O) groups is 1. The lowest BCUT2D eigenvalue weighted by Crippen LogP contribution is -2.32. The van der Waals surface area contributed by atoms with Crippen molar-refractivity contribution in [2.24, 2.45) is 0 Å². The van der Waals surface area contributed by atoms with Gasteiger partial charge in [0.2, 0.25) is 0 Å². The van der Waals surface area contributed by atoms with Crippen molar-refractivity contribution in [3.8, 4) is 0 Å². The van der Waals surface area contributed by atoms with Crippen LogP contribution >= 0.6 is 8.03 Å². The van der Waals surface area contributed by atoms with Gasteiger partial charge in [0, 0.05) is 29.1 Å². The Labute approximate surface area is 146 Å². The van der Waals surface area contributed by atoms with Crippen LogP contribution in [0.1, 0.15) is 24.0 Å². The van der Waals surface area contributed by atoms with Crippen molar-refractivity contribution in [3.05, 3.63) is 71.9 Å². The number of carboxylic acids is 1. The van der Waals surface area contributed by atoms with Crippen LogP contribution in [0.4, 0.5) is 0 Å². The van der Waals surface area contributed by atoms with Crippen LogP contribution in [0, 0.1) is 0 Å². The van der Waals surface area contributed by atoms with Gasteiger partial charge in [-0.05, 0) is 29.0 Å². The maximum absolute atomic E-state index is 12.0. The summed E-state index contributed by atoms with van der Waals surface area (Å²) >= 11 is 0. The van der Waals surface area contributed by atoms with Crippen LogP contribution in [0.3, 0.4) is 0 Å². The summed E-state index contributed by atoms with van der Waals surface area (Å²) in [6, 6.07) is 16.2. The molecule has 1 heterocycles. The van der Waals surface area contributed by atoms with Crippen LogP contribution in [0.5, 0.6) is 0 Å². The predicted molar refractivity (Wildman–Crippen MR) is 96.8 cm³/mol. The highest BCUT2D eigenvalue weighted by molar-refractivity contribution is 7.41. The summed E-state index contributed by atoms with van der Waals surface area (Å²) in [7, 11) is -2.92. The number of hydrogen-bond acceptors (Lipinski definition) is 2. The van der Waals surface area contributed by atoms with Crippen molar-refractivity contribution in [3.63, 3.8) is 0 Å². The van der Waals surface area contributed by atoms with Crippen molar-refractivity contribution in [2.75, 3.05) is 0 Å². The number of carboxylic acid groups (broad SMARTS) is 1. The fourth-order valence-electron chi connectivity index (χ4n) is 3.25. The molecule has 1 aromatic heterocycles. The Balaban J connectivity index is 1.84. The third-order valence-corrected chi connectivity index (χ3v) is 5.92. The third kappa shape index (κ3) is 3.21. The molecule has 3 N–H and O–H groups in total. The molecule has 25 heavy (non-hydrogen) atoms. The summed E-state index contributed by atoms with van der Waals surface area (Å²) in [4.78, 5) is 24.9. The van der Waals surface area contributed by atoms with Crippen LogP contribution in [-0.2, 0) is 20.9 Å². The van der Waals surface area contributed by atoms with E-state index < -0.39 is 19.2 Å². The van der Waals surface area contributed by atoms with Gasteiger partial charge in [-0.3, -0.25) is 0 Å². The maximum atomic E-state index is 12.0. The van der Waals surface area contributed by atoms with Gasteiger partial charge >= 0.3 is 19.2 Å². The molecule has 3 rings (SSSR count). The molecular formula is C19H19NO4P+. The lowest BCUT2D eigenvalue weighted by atomic mass is 9.91. The number of nitrogens with one attached hydrogen (secondary N) is 1. The van der Waals surface area contributed by atoms with E-state index in [1.165, 1.54) is 0 Å². The van der Waals surface area contributed by atoms with Gasteiger partial charge in [0.05, 0.1) is 0 Å². The molecular weight excluding hydrogens is 337 g/mol. The summed E-state index contributed by atoms with van der Waals surface area (Å²) in [5, 5.41) is 9.05. The summed E-state index contributed by atoms with van der Waals surface area (Å²) in [5.41, 5.74) is 2.47. The van der Waals surface area contributed by atoms with Crippen molar-refractivity contribution in [1.82, 2.24) is 4.98 Å². The fourth-order valence-corrected chi connectivity index (χ4v) is 4.13.